The Hall–Kier alpha value is -1.31. The predicted octanol–water partition coefficient (Wildman–Crippen LogP) is 7.91. The van der Waals surface area contributed by atoms with E-state index in [0.717, 1.165) is 12.1 Å². The summed E-state index contributed by atoms with van der Waals surface area (Å²) in [6.45, 7) is 2.28. The number of carbonyl (C=O) groups is 1. The van der Waals surface area contributed by atoms with E-state index in [2.05, 4.69) is 6.92 Å². The Bertz CT molecular complexity index is 457. The van der Waals surface area contributed by atoms with Gasteiger partial charge in [-0.1, -0.05) is 115 Å². The normalized spacial score (nSPS) is 10.9. The molecule has 0 atom stereocenters. The minimum absolute atomic E-state index is 0.232. The minimum atomic E-state index is 0.232. The third kappa shape index (κ3) is 12.7. The van der Waals surface area contributed by atoms with Crippen molar-refractivity contribution in [3.63, 3.8) is 0 Å². The van der Waals surface area contributed by atoms with Gasteiger partial charge in [0.25, 0.3) is 0 Å². The van der Waals surface area contributed by atoms with E-state index in [4.69, 9.17) is 0 Å². The number of hydrogen-bond acceptors (Lipinski definition) is 1. The lowest BCUT2D eigenvalue weighted by atomic mass is 10.0. The highest BCUT2D eigenvalue weighted by atomic mass is 16.2. The molecule has 0 aromatic heterocycles. The van der Waals surface area contributed by atoms with Crippen LogP contribution in [0.4, 0.5) is 5.69 Å². The molecule has 0 radical (unpaired) electrons. The van der Waals surface area contributed by atoms with E-state index in [-0.39, 0.29) is 5.91 Å². The van der Waals surface area contributed by atoms with Gasteiger partial charge in [-0.25, -0.2) is 0 Å². The summed E-state index contributed by atoms with van der Waals surface area (Å²) < 4.78 is 0. The van der Waals surface area contributed by atoms with Crippen molar-refractivity contribution >= 4 is 11.6 Å². The molecule has 0 saturated carbocycles. The third-order valence-electron chi connectivity index (χ3n) is 5.51. The summed E-state index contributed by atoms with van der Waals surface area (Å²) in [5.41, 5.74) is 0.989. The highest BCUT2D eigenvalue weighted by Gasteiger charge is 2.09. The fraction of sp³-hybridized carbons (Fsp3) is 0.720. The standard InChI is InChI=1S/C25H43NO/c1-3-4-5-6-7-8-9-10-11-12-13-14-15-16-20-23-25(27)26(2)24-21-18-17-19-22-24/h17-19,21-22H,3-16,20,23H2,1-2H3. The lowest BCUT2D eigenvalue weighted by molar-refractivity contribution is -0.118. The molecule has 0 heterocycles. The van der Waals surface area contributed by atoms with E-state index in [9.17, 15) is 4.79 Å². The van der Waals surface area contributed by atoms with Gasteiger partial charge in [-0.2, -0.15) is 0 Å². The summed E-state index contributed by atoms with van der Waals surface area (Å²) >= 11 is 0. The van der Waals surface area contributed by atoms with E-state index in [1.165, 1.54) is 89.9 Å². The quantitative estimate of drug-likeness (QED) is 0.254. The van der Waals surface area contributed by atoms with Gasteiger partial charge in [0.15, 0.2) is 0 Å². The Kier molecular flexibility index (Phi) is 14.8. The van der Waals surface area contributed by atoms with Gasteiger partial charge in [0.1, 0.15) is 0 Å². The van der Waals surface area contributed by atoms with E-state index in [1.54, 1.807) is 4.90 Å². The van der Waals surface area contributed by atoms with Crippen molar-refractivity contribution in [3.05, 3.63) is 30.3 Å². The first kappa shape index (κ1) is 23.7. The molecule has 27 heavy (non-hydrogen) atoms. The van der Waals surface area contributed by atoms with Gasteiger partial charge in [-0.3, -0.25) is 4.79 Å². The molecule has 0 bridgehead atoms. The van der Waals surface area contributed by atoms with Gasteiger partial charge < -0.3 is 4.90 Å². The number of unbranched alkanes of at least 4 members (excludes halogenated alkanes) is 14. The topological polar surface area (TPSA) is 20.3 Å². The lowest BCUT2D eigenvalue weighted by Gasteiger charge is -2.17. The van der Waals surface area contributed by atoms with Crippen LogP contribution in [0.25, 0.3) is 0 Å². The molecule has 0 spiro atoms. The molecule has 0 N–H and O–H groups in total. The molecule has 0 fully saturated rings. The second-order valence-electron chi connectivity index (χ2n) is 7.99. The van der Waals surface area contributed by atoms with Crippen molar-refractivity contribution in [2.75, 3.05) is 11.9 Å². The maximum absolute atomic E-state index is 12.2. The van der Waals surface area contributed by atoms with Gasteiger partial charge in [0, 0.05) is 19.2 Å². The summed E-state index contributed by atoms with van der Waals surface area (Å²) in [6.07, 6.45) is 21.0. The van der Waals surface area contributed by atoms with Crippen LogP contribution in [0, 0.1) is 0 Å². The Morgan fingerprint density at radius 3 is 1.52 bits per heavy atom. The fourth-order valence-corrected chi connectivity index (χ4v) is 3.61. The molecular formula is C25H43NO. The number of nitrogens with zero attached hydrogens (tertiary/aromatic N) is 1. The zero-order valence-corrected chi connectivity index (χ0v) is 18.1. The van der Waals surface area contributed by atoms with E-state index in [0.29, 0.717) is 6.42 Å². The van der Waals surface area contributed by atoms with Crippen LogP contribution in [0.5, 0.6) is 0 Å². The lowest BCUT2D eigenvalue weighted by Crippen LogP contribution is -2.25. The Morgan fingerprint density at radius 1 is 0.667 bits per heavy atom. The van der Waals surface area contributed by atoms with Gasteiger partial charge in [0.05, 0.1) is 0 Å². The number of hydrogen-bond donors (Lipinski definition) is 0. The Labute approximate surface area is 168 Å². The zero-order valence-electron chi connectivity index (χ0n) is 18.1. The summed E-state index contributed by atoms with van der Waals surface area (Å²) in [4.78, 5) is 14.0. The maximum Gasteiger partial charge on any atom is 0.226 e. The van der Waals surface area contributed by atoms with Crippen LogP contribution >= 0.6 is 0 Å². The van der Waals surface area contributed by atoms with Crippen LogP contribution in [0.2, 0.25) is 0 Å². The summed E-state index contributed by atoms with van der Waals surface area (Å²) in [6, 6.07) is 9.92. The van der Waals surface area contributed by atoms with Crippen molar-refractivity contribution in [1.82, 2.24) is 0 Å². The van der Waals surface area contributed by atoms with Crippen LogP contribution in [0.1, 0.15) is 110 Å². The number of amides is 1. The van der Waals surface area contributed by atoms with Crippen molar-refractivity contribution in [1.29, 1.82) is 0 Å². The van der Waals surface area contributed by atoms with Crippen LogP contribution in [-0.2, 0) is 4.79 Å². The summed E-state index contributed by atoms with van der Waals surface area (Å²) in [5.74, 6) is 0.232. The zero-order chi connectivity index (χ0) is 19.6. The third-order valence-corrected chi connectivity index (χ3v) is 5.51. The highest BCUT2D eigenvalue weighted by Crippen LogP contribution is 2.15. The molecule has 0 aliphatic rings. The fourth-order valence-electron chi connectivity index (χ4n) is 3.61. The van der Waals surface area contributed by atoms with Gasteiger partial charge in [0.2, 0.25) is 5.91 Å². The van der Waals surface area contributed by atoms with E-state index in [1.807, 2.05) is 37.4 Å². The molecule has 2 nitrogen and oxygen atoms in total. The largest absolute Gasteiger partial charge is 0.316 e. The minimum Gasteiger partial charge on any atom is -0.316 e. The van der Waals surface area contributed by atoms with Gasteiger partial charge >= 0.3 is 0 Å². The Morgan fingerprint density at radius 2 is 1.07 bits per heavy atom. The first-order chi connectivity index (χ1) is 13.3. The molecule has 1 rings (SSSR count). The molecule has 1 amide bonds. The first-order valence-corrected chi connectivity index (χ1v) is 11.6. The first-order valence-electron chi connectivity index (χ1n) is 11.6. The monoisotopic (exact) mass is 373 g/mol. The Balaban J connectivity index is 1.84. The van der Waals surface area contributed by atoms with Crippen LogP contribution in [0.3, 0.4) is 0 Å². The molecule has 0 unspecified atom stereocenters. The predicted molar refractivity (Wildman–Crippen MR) is 119 cm³/mol. The molecular weight excluding hydrogens is 330 g/mol. The van der Waals surface area contributed by atoms with Crippen molar-refractivity contribution in [3.8, 4) is 0 Å². The average molecular weight is 374 g/mol. The van der Waals surface area contributed by atoms with E-state index < -0.39 is 0 Å². The van der Waals surface area contributed by atoms with Crippen molar-refractivity contribution in [2.45, 2.75) is 110 Å². The molecule has 154 valence electrons. The van der Waals surface area contributed by atoms with Gasteiger partial charge in [-0.15, -0.1) is 0 Å². The number of benzene rings is 1. The molecule has 1 aromatic rings. The molecule has 0 aliphatic carbocycles. The number of anilines is 1. The summed E-state index contributed by atoms with van der Waals surface area (Å²) in [5, 5.41) is 0. The van der Waals surface area contributed by atoms with E-state index >= 15 is 0 Å². The number of para-hydroxylation sites is 1. The van der Waals surface area contributed by atoms with Crippen LogP contribution in [0.15, 0.2) is 30.3 Å². The molecule has 0 aliphatic heterocycles. The SMILES string of the molecule is CCCCCCCCCCCCCCCCCC(=O)N(C)c1ccccc1. The van der Waals surface area contributed by atoms with Crippen molar-refractivity contribution in [2.24, 2.45) is 0 Å². The van der Waals surface area contributed by atoms with Crippen molar-refractivity contribution < 1.29 is 4.79 Å². The summed E-state index contributed by atoms with van der Waals surface area (Å²) in [7, 11) is 1.88. The molecule has 0 saturated heterocycles. The maximum atomic E-state index is 12.2. The second kappa shape index (κ2) is 16.8. The molecule has 1 aromatic carbocycles. The number of rotatable bonds is 17. The van der Waals surface area contributed by atoms with Crippen LogP contribution in [-0.4, -0.2) is 13.0 Å². The highest BCUT2D eigenvalue weighted by molar-refractivity contribution is 5.92. The molecule has 2 heteroatoms. The average Bonchev–Trinajstić information content (AvgIpc) is 2.70. The van der Waals surface area contributed by atoms with Gasteiger partial charge in [-0.05, 0) is 18.6 Å². The number of carbonyl (C=O) groups excluding carboxylic acids is 1. The van der Waals surface area contributed by atoms with Crippen LogP contribution < -0.4 is 4.90 Å². The smallest absolute Gasteiger partial charge is 0.226 e. The second-order valence-corrected chi connectivity index (χ2v) is 7.99.